The van der Waals surface area contributed by atoms with Crippen molar-refractivity contribution in [1.82, 2.24) is 4.98 Å². The summed E-state index contributed by atoms with van der Waals surface area (Å²) < 4.78 is 4.66. The van der Waals surface area contributed by atoms with Crippen molar-refractivity contribution in [3.63, 3.8) is 0 Å². The van der Waals surface area contributed by atoms with Crippen molar-refractivity contribution in [3.05, 3.63) is 29.6 Å². The van der Waals surface area contributed by atoms with Crippen LogP contribution in [0.5, 0.6) is 0 Å². The van der Waals surface area contributed by atoms with Crippen molar-refractivity contribution in [3.8, 4) is 6.07 Å². The normalized spacial score (nSPS) is 13.4. The number of pyridine rings is 1. The van der Waals surface area contributed by atoms with Gasteiger partial charge in [-0.2, -0.15) is 5.26 Å². The number of carbonyl (C=O) groups excluding carboxylic acids is 1. The minimum absolute atomic E-state index is 0.0212. The summed E-state index contributed by atoms with van der Waals surface area (Å²) in [4.78, 5) is 14.9. The van der Waals surface area contributed by atoms with Crippen LogP contribution in [0, 0.1) is 11.3 Å². The lowest BCUT2D eigenvalue weighted by Crippen LogP contribution is -2.24. The highest BCUT2D eigenvalue weighted by molar-refractivity contribution is 5.70. The fraction of sp³-hybridized carbons (Fsp3) is 0.417. The van der Waals surface area contributed by atoms with E-state index in [1.54, 1.807) is 6.92 Å². The van der Waals surface area contributed by atoms with E-state index in [-0.39, 0.29) is 24.3 Å². The molecule has 6 heteroatoms. The Morgan fingerprint density at radius 2 is 2.33 bits per heavy atom. The molecule has 0 aliphatic heterocycles. The Labute approximate surface area is 104 Å². The first kappa shape index (κ1) is 14.1. The number of aromatic nitrogens is 1. The van der Waals surface area contributed by atoms with Crippen LogP contribution in [0.4, 0.5) is 0 Å². The van der Waals surface area contributed by atoms with E-state index in [1.165, 1.54) is 18.3 Å². The molecule has 0 aliphatic rings. The number of hydrogen-bond acceptors (Lipinski definition) is 6. The summed E-state index contributed by atoms with van der Waals surface area (Å²) in [6.07, 6.45) is -1.61. The molecule has 0 fully saturated rings. The van der Waals surface area contributed by atoms with Crippen LogP contribution < -0.4 is 0 Å². The summed E-state index contributed by atoms with van der Waals surface area (Å²) in [6, 6.07) is 4.83. The van der Waals surface area contributed by atoms with E-state index in [0.29, 0.717) is 0 Å². The molecule has 0 radical (unpaired) electrons. The van der Waals surface area contributed by atoms with E-state index in [0.717, 1.165) is 0 Å². The molecule has 2 unspecified atom stereocenters. The zero-order valence-corrected chi connectivity index (χ0v) is 9.91. The number of esters is 1. The van der Waals surface area contributed by atoms with Crippen molar-refractivity contribution in [2.24, 2.45) is 0 Å². The van der Waals surface area contributed by atoms with Crippen molar-refractivity contribution in [1.29, 1.82) is 5.26 Å². The summed E-state index contributed by atoms with van der Waals surface area (Å²) in [5.41, 5.74) is 0.213. The molecule has 1 aromatic heterocycles. The van der Waals surface area contributed by atoms with E-state index < -0.39 is 18.2 Å². The Kier molecular flexibility index (Phi) is 5.24. The van der Waals surface area contributed by atoms with Crippen LogP contribution in [0.15, 0.2) is 18.3 Å². The summed E-state index contributed by atoms with van der Waals surface area (Å²) >= 11 is 0. The van der Waals surface area contributed by atoms with Crippen molar-refractivity contribution in [2.45, 2.75) is 25.6 Å². The number of carbonyl (C=O) groups is 1. The smallest absolute Gasteiger partial charge is 0.308 e. The highest BCUT2D eigenvalue weighted by Gasteiger charge is 2.24. The van der Waals surface area contributed by atoms with E-state index in [1.807, 2.05) is 6.07 Å². The van der Waals surface area contributed by atoms with Crippen LogP contribution in [-0.4, -0.2) is 33.9 Å². The fourth-order valence-corrected chi connectivity index (χ4v) is 1.46. The first-order valence-electron chi connectivity index (χ1n) is 5.46. The van der Waals surface area contributed by atoms with Crippen LogP contribution in [0.2, 0.25) is 0 Å². The minimum atomic E-state index is -1.35. The second kappa shape index (κ2) is 6.69. The van der Waals surface area contributed by atoms with Crippen LogP contribution in [0.3, 0.4) is 0 Å². The molecule has 1 aromatic rings. The average molecular weight is 250 g/mol. The van der Waals surface area contributed by atoms with Gasteiger partial charge in [0.2, 0.25) is 0 Å². The molecule has 0 saturated heterocycles. The standard InChI is InChI=1S/C12H14N2O4/c1-2-18-11(16)6-10(15)12(17)8-4-3-5-14-9(8)7-13/h3-5,10,12,15,17H,2,6H2,1H3. The molecule has 1 rings (SSSR count). The quantitative estimate of drug-likeness (QED) is 0.728. The molecule has 0 spiro atoms. The maximum Gasteiger partial charge on any atom is 0.308 e. The summed E-state index contributed by atoms with van der Waals surface area (Å²) in [7, 11) is 0. The van der Waals surface area contributed by atoms with Gasteiger partial charge in [-0.3, -0.25) is 4.79 Å². The molecular weight excluding hydrogens is 236 g/mol. The van der Waals surface area contributed by atoms with Gasteiger partial charge in [0, 0.05) is 11.8 Å². The Morgan fingerprint density at radius 3 is 2.94 bits per heavy atom. The maximum absolute atomic E-state index is 11.2. The number of nitrogens with zero attached hydrogens (tertiary/aromatic N) is 2. The zero-order valence-electron chi connectivity index (χ0n) is 9.91. The molecule has 2 atom stereocenters. The molecule has 0 amide bonds. The van der Waals surface area contributed by atoms with Gasteiger partial charge >= 0.3 is 5.97 Å². The number of ether oxygens (including phenoxy) is 1. The third-order valence-corrected chi connectivity index (χ3v) is 2.31. The van der Waals surface area contributed by atoms with Crippen molar-refractivity contribution < 1.29 is 19.7 Å². The van der Waals surface area contributed by atoms with Crippen LogP contribution in [0.1, 0.15) is 30.7 Å². The predicted molar refractivity (Wildman–Crippen MR) is 61.2 cm³/mol. The average Bonchev–Trinajstić information content (AvgIpc) is 2.38. The molecule has 0 saturated carbocycles. The van der Waals surface area contributed by atoms with Gasteiger partial charge in [-0.15, -0.1) is 0 Å². The number of aliphatic hydroxyl groups is 2. The van der Waals surface area contributed by atoms with Crippen LogP contribution >= 0.6 is 0 Å². The number of nitriles is 1. The Morgan fingerprint density at radius 1 is 1.61 bits per heavy atom. The lowest BCUT2D eigenvalue weighted by atomic mass is 10.0. The molecule has 1 heterocycles. The van der Waals surface area contributed by atoms with Crippen molar-refractivity contribution in [2.75, 3.05) is 6.61 Å². The zero-order chi connectivity index (χ0) is 13.5. The lowest BCUT2D eigenvalue weighted by molar-refractivity contribution is -0.147. The number of rotatable bonds is 5. The molecule has 18 heavy (non-hydrogen) atoms. The van der Waals surface area contributed by atoms with Gasteiger partial charge < -0.3 is 14.9 Å². The minimum Gasteiger partial charge on any atom is -0.466 e. The second-order valence-corrected chi connectivity index (χ2v) is 3.57. The third-order valence-electron chi connectivity index (χ3n) is 2.31. The largest absolute Gasteiger partial charge is 0.466 e. The van der Waals surface area contributed by atoms with E-state index >= 15 is 0 Å². The lowest BCUT2D eigenvalue weighted by Gasteiger charge is -2.17. The summed E-state index contributed by atoms with van der Waals surface area (Å²) in [5, 5.41) is 28.4. The van der Waals surface area contributed by atoms with Gasteiger partial charge in [0.05, 0.1) is 19.1 Å². The highest BCUT2D eigenvalue weighted by Crippen LogP contribution is 2.21. The molecular formula is C12H14N2O4. The first-order chi connectivity index (χ1) is 8.60. The van der Waals surface area contributed by atoms with Gasteiger partial charge in [-0.05, 0) is 13.0 Å². The molecule has 0 aromatic carbocycles. The van der Waals surface area contributed by atoms with Gasteiger partial charge in [0.25, 0.3) is 0 Å². The Balaban J connectivity index is 2.77. The summed E-state index contributed by atoms with van der Waals surface area (Å²) in [6.45, 7) is 1.85. The van der Waals surface area contributed by atoms with E-state index in [2.05, 4.69) is 9.72 Å². The summed E-state index contributed by atoms with van der Waals surface area (Å²) in [5.74, 6) is -0.605. The predicted octanol–water partition coefficient (Wildman–Crippen LogP) is 0.301. The third kappa shape index (κ3) is 3.52. The number of aliphatic hydroxyl groups excluding tert-OH is 2. The highest BCUT2D eigenvalue weighted by atomic mass is 16.5. The molecule has 2 N–H and O–H groups in total. The van der Waals surface area contributed by atoms with E-state index in [9.17, 15) is 15.0 Å². The molecule has 0 bridgehead atoms. The van der Waals surface area contributed by atoms with Crippen LogP contribution in [0.25, 0.3) is 0 Å². The van der Waals surface area contributed by atoms with E-state index in [4.69, 9.17) is 5.26 Å². The maximum atomic E-state index is 11.2. The Bertz CT molecular complexity index is 456. The van der Waals surface area contributed by atoms with Crippen molar-refractivity contribution >= 4 is 5.97 Å². The topological polar surface area (TPSA) is 103 Å². The molecule has 0 aliphatic carbocycles. The monoisotopic (exact) mass is 250 g/mol. The van der Waals surface area contributed by atoms with Gasteiger partial charge in [-0.25, -0.2) is 4.98 Å². The van der Waals surface area contributed by atoms with Crippen LogP contribution in [-0.2, 0) is 9.53 Å². The van der Waals surface area contributed by atoms with Gasteiger partial charge in [0.1, 0.15) is 17.9 Å². The first-order valence-corrected chi connectivity index (χ1v) is 5.46. The van der Waals surface area contributed by atoms with Gasteiger partial charge in [0.15, 0.2) is 0 Å². The second-order valence-electron chi connectivity index (χ2n) is 3.57. The van der Waals surface area contributed by atoms with Gasteiger partial charge in [-0.1, -0.05) is 6.07 Å². The SMILES string of the molecule is CCOC(=O)CC(O)C(O)c1cccnc1C#N. The number of hydrogen-bond donors (Lipinski definition) is 2. The fourth-order valence-electron chi connectivity index (χ4n) is 1.46. The molecule has 6 nitrogen and oxygen atoms in total. The molecule has 96 valence electrons. The Hall–Kier alpha value is -1.97.